The standard InChI is InChI=1S/C20H20ClN5O2S/c21-17-8-4-5-9-18(17)23-19-10-11-22-20(24-19)25-12-14-26(15-13-25)29(27,28)16-6-2-1-3-7-16/h1-11H,12-15H2,(H-,22,23,24,27,28). The fourth-order valence-corrected chi connectivity index (χ4v) is 4.77. The third-order valence-corrected chi connectivity index (χ3v) is 6.92. The Kier molecular flexibility index (Phi) is 5.77. The number of nitrogens with one attached hydrogen (secondary N) is 1. The van der Waals surface area contributed by atoms with E-state index < -0.39 is 10.4 Å². The first-order valence-corrected chi connectivity index (χ1v) is 11.0. The zero-order valence-electron chi connectivity index (χ0n) is 15.6. The van der Waals surface area contributed by atoms with Gasteiger partial charge in [0.15, 0.2) is 15.3 Å². The Morgan fingerprint density at radius 2 is 1.66 bits per heavy atom. The van der Waals surface area contributed by atoms with Crippen molar-refractivity contribution in [3.8, 4) is 0 Å². The van der Waals surface area contributed by atoms with Gasteiger partial charge in [0.25, 0.3) is 0 Å². The zero-order valence-corrected chi connectivity index (χ0v) is 17.1. The first kappa shape index (κ1) is 19.8. The van der Waals surface area contributed by atoms with Crippen molar-refractivity contribution < 1.29 is 8.76 Å². The van der Waals surface area contributed by atoms with Crippen molar-refractivity contribution in [3.05, 3.63) is 71.9 Å². The fraction of sp³-hybridized carbons (Fsp3) is 0.200. The second-order valence-corrected chi connectivity index (χ2v) is 8.90. The van der Waals surface area contributed by atoms with Crippen molar-refractivity contribution in [3.63, 3.8) is 0 Å². The van der Waals surface area contributed by atoms with E-state index in [1.165, 1.54) is 4.31 Å². The van der Waals surface area contributed by atoms with E-state index in [1.54, 1.807) is 48.7 Å². The van der Waals surface area contributed by atoms with Gasteiger partial charge in [0.1, 0.15) is 5.82 Å². The molecule has 1 saturated heterocycles. The number of para-hydroxylation sites is 1. The van der Waals surface area contributed by atoms with Gasteiger partial charge in [-0.05, 0) is 30.3 Å². The molecular formula is C20H20ClN5O2S. The predicted octanol–water partition coefficient (Wildman–Crippen LogP) is 3.60. The maximum absolute atomic E-state index is 12.8. The van der Waals surface area contributed by atoms with E-state index in [-0.39, 0.29) is 0 Å². The van der Waals surface area contributed by atoms with E-state index in [0.717, 1.165) is 5.69 Å². The van der Waals surface area contributed by atoms with Gasteiger partial charge in [0.2, 0.25) is 5.95 Å². The molecule has 1 aliphatic rings. The molecule has 1 atom stereocenters. The summed E-state index contributed by atoms with van der Waals surface area (Å²) < 4.78 is 27.1. The maximum Gasteiger partial charge on any atom is 0.227 e. The predicted molar refractivity (Wildman–Crippen MR) is 114 cm³/mol. The minimum Gasteiger partial charge on any atom is -0.593 e. The Morgan fingerprint density at radius 3 is 2.38 bits per heavy atom. The Hall–Kier alpha value is -2.52. The second-order valence-electron chi connectivity index (χ2n) is 6.55. The zero-order chi connectivity index (χ0) is 20.3. The van der Waals surface area contributed by atoms with Crippen molar-refractivity contribution in [2.24, 2.45) is 0 Å². The normalized spacial score (nSPS) is 17.0. The molecule has 7 nitrogen and oxygen atoms in total. The SMILES string of the molecule is O=[S+]([O-])(c1ccccc1)N1CCN(c2nccc(Nc3ccccc3Cl)n2)CC1. The molecule has 1 aliphatic heterocycles. The first-order chi connectivity index (χ1) is 14.0. The molecular weight excluding hydrogens is 410 g/mol. The summed E-state index contributed by atoms with van der Waals surface area (Å²) in [6.45, 7) is 1.79. The van der Waals surface area contributed by atoms with E-state index >= 15 is 0 Å². The Balaban J connectivity index is 1.44. The van der Waals surface area contributed by atoms with Crippen LogP contribution in [0.5, 0.6) is 0 Å². The Bertz CT molecular complexity index is 1030. The highest BCUT2D eigenvalue weighted by atomic mass is 35.5. The Labute approximate surface area is 175 Å². The average molecular weight is 430 g/mol. The van der Waals surface area contributed by atoms with Crippen LogP contribution in [0.2, 0.25) is 5.02 Å². The highest BCUT2D eigenvalue weighted by molar-refractivity contribution is 7.95. The van der Waals surface area contributed by atoms with E-state index in [0.29, 0.717) is 47.9 Å². The van der Waals surface area contributed by atoms with Gasteiger partial charge in [-0.3, -0.25) is 0 Å². The van der Waals surface area contributed by atoms with Crippen LogP contribution in [0.4, 0.5) is 17.5 Å². The van der Waals surface area contributed by atoms with Crippen molar-refractivity contribution in [1.29, 1.82) is 0 Å². The lowest BCUT2D eigenvalue weighted by Gasteiger charge is -2.35. The summed E-state index contributed by atoms with van der Waals surface area (Å²) in [5.74, 6) is 1.18. The molecule has 1 unspecified atom stereocenters. The molecule has 1 fully saturated rings. The van der Waals surface area contributed by atoms with Crippen molar-refractivity contribution in [2.75, 3.05) is 36.4 Å². The summed E-state index contributed by atoms with van der Waals surface area (Å²) in [4.78, 5) is 11.2. The van der Waals surface area contributed by atoms with Crippen LogP contribution in [-0.2, 0) is 14.6 Å². The number of halogens is 1. The molecule has 1 N–H and O–H groups in total. The number of nitrogens with zero attached hydrogens (tertiary/aromatic N) is 4. The highest BCUT2D eigenvalue weighted by Gasteiger charge is 2.33. The number of benzene rings is 2. The average Bonchev–Trinajstić information content (AvgIpc) is 2.76. The summed E-state index contributed by atoms with van der Waals surface area (Å²) >= 11 is 6.19. The lowest BCUT2D eigenvalue weighted by atomic mass is 10.3. The summed E-state index contributed by atoms with van der Waals surface area (Å²) in [7, 11) is -3.48. The molecule has 9 heteroatoms. The third-order valence-electron chi connectivity index (χ3n) is 4.68. The molecule has 0 bridgehead atoms. The lowest BCUT2D eigenvalue weighted by molar-refractivity contribution is 0.337. The maximum atomic E-state index is 12.8. The summed E-state index contributed by atoms with van der Waals surface area (Å²) in [6, 6.07) is 17.7. The highest BCUT2D eigenvalue weighted by Crippen LogP contribution is 2.26. The van der Waals surface area contributed by atoms with Gasteiger partial charge in [-0.1, -0.05) is 46.1 Å². The fourth-order valence-electron chi connectivity index (χ4n) is 3.14. The van der Waals surface area contributed by atoms with Crippen LogP contribution < -0.4 is 10.2 Å². The molecule has 0 radical (unpaired) electrons. The van der Waals surface area contributed by atoms with E-state index in [2.05, 4.69) is 15.3 Å². The Morgan fingerprint density at radius 1 is 0.966 bits per heavy atom. The number of hydrogen-bond donors (Lipinski definition) is 1. The van der Waals surface area contributed by atoms with Gasteiger partial charge in [0.05, 0.1) is 23.8 Å². The largest absolute Gasteiger partial charge is 0.593 e. The van der Waals surface area contributed by atoms with Crippen LogP contribution >= 0.6 is 11.6 Å². The van der Waals surface area contributed by atoms with Gasteiger partial charge < -0.3 is 14.8 Å². The summed E-state index contributed by atoms with van der Waals surface area (Å²) in [5, 5.41) is 3.79. The number of anilines is 3. The molecule has 0 aliphatic carbocycles. The molecule has 2 heterocycles. The number of sulfonamides is 1. The number of piperazine rings is 1. The van der Waals surface area contributed by atoms with Crippen LogP contribution in [0.15, 0.2) is 71.8 Å². The third kappa shape index (κ3) is 4.40. The molecule has 4 rings (SSSR count). The van der Waals surface area contributed by atoms with E-state index in [4.69, 9.17) is 11.6 Å². The van der Waals surface area contributed by atoms with Gasteiger partial charge in [-0.2, -0.15) is 4.98 Å². The first-order valence-electron chi connectivity index (χ1n) is 9.19. The molecule has 0 saturated carbocycles. The van der Waals surface area contributed by atoms with Crippen LogP contribution in [0.25, 0.3) is 0 Å². The quantitative estimate of drug-likeness (QED) is 0.624. The van der Waals surface area contributed by atoms with E-state index in [1.807, 2.05) is 23.1 Å². The van der Waals surface area contributed by atoms with E-state index in [9.17, 15) is 8.76 Å². The molecule has 3 aromatic rings. The number of aromatic nitrogens is 2. The van der Waals surface area contributed by atoms with Crippen molar-refractivity contribution >= 4 is 39.5 Å². The monoisotopic (exact) mass is 429 g/mol. The second kappa shape index (κ2) is 8.46. The summed E-state index contributed by atoms with van der Waals surface area (Å²) in [6.07, 6.45) is 1.68. The van der Waals surface area contributed by atoms with Crippen LogP contribution in [0.3, 0.4) is 0 Å². The summed E-state index contributed by atoms with van der Waals surface area (Å²) in [5.41, 5.74) is 0.762. The molecule has 150 valence electrons. The number of hydrogen-bond acceptors (Lipinski definition) is 6. The van der Waals surface area contributed by atoms with Crippen LogP contribution in [0.1, 0.15) is 0 Å². The van der Waals surface area contributed by atoms with Gasteiger partial charge >= 0.3 is 0 Å². The van der Waals surface area contributed by atoms with Crippen LogP contribution in [0, 0.1) is 0 Å². The lowest BCUT2D eigenvalue weighted by Crippen LogP contribution is -2.51. The van der Waals surface area contributed by atoms with Crippen molar-refractivity contribution in [2.45, 2.75) is 4.90 Å². The minimum absolute atomic E-state index is 0.315. The topological polar surface area (TPSA) is 84.4 Å². The molecule has 2 aromatic carbocycles. The van der Waals surface area contributed by atoms with Gasteiger partial charge in [-0.25, -0.2) is 4.98 Å². The van der Waals surface area contributed by atoms with Gasteiger partial charge in [-0.15, -0.1) is 4.31 Å². The minimum atomic E-state index is -3.48. The molecule has 0 amide bonds. The molecule has 0 spiro atoms. The smallest absolute Gasteiger partial charge is 0.227 e. The van der Waals surface area contributed by atoms with Crippen molar-refractivity contribution in [1.82, 2.24) is 14.3 Å². The molecule has 29 heavy (non-hydrogen) atoms. The molecule has 1 aromatic heterocycles. The van der Waals surface area contributed by atoms with Crippen LogP contribution in [-0.4, -0.2) is 45.0 Å². The van der Waals surface area contributed by atoms with Gasteiger partial charge in [0, 0.05) is 19.3 Å². The number of rotatable bonds is 5.